The van der Waals surface area contributed by atoms with E-state index in [1.165, 1.54) is 54.6 Å². The minimum Gasteiger partial charge on any atom is -0.322 e. The number of benzene rings is 4. The third kappa shape index (κ3) is 6.90. The van der Waals surface area contributed by atoms with Crippen molar-refractivity contribution in [2.75, 3.05) is 14.8 Å². The Kier molecular flexibility index (Phi) is 8.22. The Morgan fingerprint density at radius 3 is 2.10 bits per heavy atom. The molecule has 4 rings (SSSR count). The molecule has 0 saturated carbocycles. The van der Waals surface area contributed by atoms with Gasteiger partial charge in [0.2, 0.25) is 0 Å². The van der Waals surface area contributed by atoms with Gasteiger partial charge >= 0.3 is 0 Å². The zero-order valence-electron chi connectivity index (χ0n) is 20.7. The van der Waals surface area contributed by atoms with Crippen molar-refractivity contribution in [2.24, 2.45) is 0 Å². The molecule has 4 aromatic rings. The maximum absolute atomic E-state index is 13.0. The molecule has 0 unspecified atom stereocenters. The van der Waals surface area contributed by atoms with E-state index in [0.29, 0.717) is 22.0 Å². The maximum Gasteiger partial charge on any atom is 0.262 e. The fourth-order valence-corrected chi connectivity index (χ4v) is 6.56. The molecule has 0 aliphatic heterocycles. The molecule has 1 amide bonds. The first-order valence-corrected chi connectivity index (χ1v) is 15.2. The van der Waals surface area contributed by atoms with Crippen molar-refractivity contribution in [2.45, 2.75) is 23.6 Å². The second-order valence-corrected chi connectivity index (χ2v) is 12.8. The summed E-state index contributed by atoms with van der Waals surface area (Å²) in [6, 6.07) is 21.1. The number of hydrogen-bond acceptors (Lipinski definition) is 5. The van der Waals surface area contributed by atoms with Crippen molar-refractivity contribution in [3.8, 4) is 0 Å². The van der Waals surface area contributed by atoms with E-state index < -0.39 is 26.0 Å². The fraction of sp³-hybridized carbons (Fsp3) is 0.0741. The minimum atomic E-state index is -3.97. The highest BCUT2D eigenvalue weighted by Gasteiger charge is 2.20. The smallest absolute Gasteiger partial charge is 0.262 e. The van der Waals surface area contributed by atoms with Crippen molar-refractivity contribution in [1.29, 1.82) is 0 Å². The average Bonchev–Trinajstić information content (AvgIpc) is 2.86. The molecule has 4 aromatic carbocycles. The molecule has 3 N–H and O–H groups in total. The summed E-state index contributed by atoms with van der Waals surface area (Å²) in [4.78, 5) is 12.8. The second kappa shape index (κ2) is 11.3. The lowest BCUT2D eigenvalue weighted by atomic mass is 10.1. The lowest BCUT2D eigenvalue weighted by Gasteiger charge is -2.13. The van der Waals surface area contributed by atoms with Crippen molar-refractivity contribution >= 4 is 66.2 Å². The molecule has 0 spiro atoms. The molecule has 8 nitrogen and oxygen atoms in total. The van der Waals surface area contributed by atoms with E-state index in [0.717, 1.165) is 5.56 Å². The maximum atomic E-state index is 13.0. The van der Waals surface area contributed by atoms with Gasteiger partial charge in [-0.2, -0.15) is 0 Å². The number of rotatable bonds is 8. The van der Waals surface area contributed by atoms with E-state index in [1.807, 2.05) is 13.0 Å². The number of carbonyl (C=O) groups excluding carboxylic acids is 1. The fourth-order valence-electron chi connectivity index (χ4n) is 3.65. The molecule has 0 radical (unpaired) electrons. The number of sulfonamides is 2. The highest BCUT2D eigenvalue weighted by molar-refractivity contribution is 7.93. The van der Waals surface area contributed by atoms with Crippen LogP contribution in [0.25, 0.3) is 0 Å². The molecule has 0 bridgehead atoms. The van der Waals surface area contributed by atoms with E-state index in [9.17, 15) is 21.6 Å². The standard InChI is InChI=1S/C27H23Cl2N3O5S2/c1-17-4-3-5-22(14-17)31-39(36,37)26-15-19(7-6-18(26)2)27(33)30-21-9-11-23(12-10-21)38(34,35)32-25-13-8-20(28)16-24(25)29/h3-16,31-32H,1-2H3,(H,30,33). The van der Waals surface area contributed by atoms with Gasteiger partial charge in [0.15, 0.2) is 0 Å². The second-order valence-electron chi connectivity index (χ2n) is 8.66. The van der Waals surface area contributed by atoms with Gasteiger partial charge in [-0.1, -0.05) is 41.4 Å². The Hall–Kier alpha value is -3.57. The quantitative estimate of drug-likeness (QED) is 0.213. The summed E-state index contributed by atoms with van der Waals surface area (Å²) in [7, 11) is -7.93. The van der Waals surface area contributed by atoms with Crippen LogP contribution in [0, 0.1) is 13.8 Å². The van der Waals surface area contributed by atoms with Gasteiger partial charge < -0.3 is 5.32 Å². The summed E-state index contributed by atoms with van der Waals surface area (Å²) in [6.45, 7) is 3.48. The largest absolute Gasteiger partial charge is 0.322 e. The third-order valence-corrected chi connectivity index (χ3v) is 9.06. The van der Waals surface area contributed by atoms with Gasteiger partial charge in [-0.25, -0.2) is 16.8 Å². The Balaban J connectivity index is 1.50. The first kappa shape index (κ1) is 28.4. The normalized spacial score (nSPS) is 11.6. The van der Waals surface area contributed by atoms with Crippen LogP contribution in [-0.4, -0.2) is 22.7 Å². The summed E-state index contributed by atoms with van der Waals surface area (Å²) < 4.78 is 56.5. The molecular formula is C27H23Cl2N3O5S2. The molecule has 0 heterocycles. The lowest BCUT2D eigenvalue weighted by molar-refractivity contribution is 0.102. The first-order chi connectivity index (χ1) is 18.3. The van der Waals surface area contributed by atoms with Gasteiger partial charge in [-0.3, -0.25) is 14.2 Å². The van der Waals surface area contributed by atoms with Gasteiger partial charge in [0.05, 0.1) is 20.5 Å². The highest BCUT2D eigenvalue weighted by Crippen LogP contribution is 2.28. The molecule has 0 fully saturated rings. The van der Waals surface area contributed by atoms with Crippen LogP contribution in [0.15, 0.2) is 94.7 Å². The molecule has 0 aliphatic carbocycles. The van der Waals surface area contributed by atoms with Crippen LogP contribution in [0.3, 0.4) is 0 Å². The topological polar surface area (TPSA) is 121 Å². The van der Waals surface area contributed by atoms with E-state index in [2.05, 4.69) is 14.8 Å². The summed E-state index contributed by atoms with van der Waals surface area (Å²) in [5.41, 5.74) is 2.36. The Labute approximate surface area is 237 Å². The number of anilines is 3. The van der Waals surface area contributed by atoms with Crippen LogP contribution < -0.4 is 14.8 Å². The summed E-state index contributed by atoms with van der Waals surface area (Å²) in [5, 5.41) is 3.16. The summed E-state index contributed by atoms with van der Waals surface area (Å²) in [6.07, 6.45) is 0. The molecule has 12 heteroatoms. The lowest BCUT2D eigenvalue weighted by Crippen LogP contribution is -2.17. The van der Waals surface area contributed by atoms with Crippen molar-refractivity contribution in [1.82, 2.24) is 0 Å². The number of halogens is 2. The van der Waals surface area contributed by atoms with Gasteiger partial charge in [0, 0.05) is 22.0 Å². The van der Waals surface area contributed by atoms with Gasteiger partial charge in [-0.15, -0.1) is 0 Å². The third-order valence-electron chi connectivity index (χ3n) is 5.61. The zero-order chi connectivity index (χ0) is 28.4. The van der Waals surface area contributed by atoms with Gasteiger partial charge in [0.1, 0.15) is 0 Å². The molecule has 0 saturated heterocycles. The monoisotopic (exact) mass is 603 g/mol. The number of hydrogen-bond donors (Lipinski definition) is 3. The highest BCUT2D eigenvalue weighted by atomic mass is 35.5. The van der Waals surface area contributed by atoms with E-state index in [-0.39, 0.29) is 26.1 Å². The molecule has 39 heavy (non-hydrogen) atoms. The average molecular weight is 605 g/mol. The van der Waals surface area contributed by atoms with Gasteiger partial charge in [0.25, 0.3) is 26.0 Å². The van der Waals surface area contributed by atoms with Crippen LogP contribution in [0.1, 0.15) is 21.5 Å². The molecule has 0 atom stereocenters. The van der Waals surface area contributed by atoms with Crippen molar-refractivity contribution in [3.05, 3.63) is 112 Å². The van der Waals surface area contributed by atoms with E-state index >= 15 is 0 Å². The van der Waals surface area contributed by atoms with Crippen molar-refractivity contribution in [3.63, 3.8) is 0 Å². The number of aryl methyl sites for hydroxylation is 2. The zero-order valence-corrected chi connectivity index (χ0v) is 23.8. The van der Waals surface area contributed by atoms with Crippen molar-refractivity contribution < 1.29 is 21.6 Å². The van der Waals surface area contributed by atoms with E-state index in [1.54, 1.807) is 31.2 Å². The van der Waals surface area contributed by atoms with Crippen LogP contribution in [0.5, 0.6) is 0 Å². The Bertz CT molecular complexity index is 1780. The van der Waals surface area contributed by atoms with E-state index in [4.69, 9.17) is 23.2 Å². The molecular weight excluding hydrogens is 581 g/mol. The predicted octanol–water partition coefficient (Wildman–Crippen LogP) is 6.46. The Morgan fingerprint density at radius 2 is 1.44 bits per heavy atom. The molecule has 0 aromatic heterocycles. The van der Waals surface area contributed by atoms with Crippen LogP contribution >= 0.6 is 23.2 Å². The number of carbonyl (C=O) groups is 1. The van der Waals surface area contributed by atoms with Crippen LogP contribution in [0.2, 0.25) is 10.0 Å². The van der Waals surface area contributed by atoms with Crippen LogP contribution in [-0.2, 0) is 20.0 Å². The first-order valence-electron chi connectivity index (χ1n) is 11.4. The molecule has 0 aliphatic rings. The van der Waals surface area contributed by atoms with Gasteiger partial charge in [-0.05, 0) is 91.7 Å². The molecule has 202 valence electrons. The SMILES string of the molecule is Cc1cccc(NS(=O)(=O)c2cc(C(=O)Nc3ccc(S(=O)(=O)Nc4ccc(Cl)cc4Cl)cc3)ccc2C)c1. The predicted molar refractivity (Wildman–Crippen MR) is 155 cm³/mol. The summed E-state index contributed by atoms with van der Waals surface area (Å²) >= 11 is 11.9. The number of amides is 1. The van der Waals surface area contributed by atoms with Crippen LogP contribution in [0.4, 0.5) is 17.1 Å². The Morgan fingerprint density at radius 1 is 0.718 bits per heavy atom. The summed E-state index contributed by atoms with van der Waals surface area (Å²) in [5.74, 6) is -0.566. The number of nitrogens with one attached hydrogen (secondary N) is 3. The minimum absolute atomic E-state index is 0.0370.